The fourth-order valence-electron chi connectivity index (χ4n) is 3.31. The van der Waals surface area contributed by atoms with Crippen LogP contribution in [0.5, 0.6) is 0 Å². The van der Waals surface area contributed by atoms with Crippen molar-refractivity contribution in [3.8, 4) is 0 Å². The number of likely N-dealkylation sites (tertiary alicyclic amines) is 1. The maximum absolute atomic E-state index is 12.1. The highest BCUT2D eigenvalue weighted by molar-refractivity contribution is 7.09. The summed E-state index contributed by atoms with van der Waals surface area (Å²) in [6.45, 7) is 7.05. The van der Waals surface area contributed by atoms with Gasteiger partial charge in [-0.05, 0) is 50.6 Å². The van der Waals surface area contributed by atoms with Crippen LogP contribution in [0, 0.1) is 5.92 Å². The molecule has 1 aromatic rings. The van der Waals surface area contributed by atoms with Gasteiger partial charge in [-0.25, -0.2) is 0 Å². The molecule has 0 saturated carbocycles. The number of hydrogen-bond donors (Lipinski definition) is 1. The van der Waals surface area contributed by atoms with E-state index in [0.717, 1.165) is 32.5 Å². The van der Waals surface area contributed by atoms with Gasteiger partial charge in [0, 0.05) is 24.0 Å². The predicted molar refractivity (Wildman–Crippen MR) is 84.3 cm³/mol. The molecule has 1 aromatic heterocycles. The summed E-state index contributed by atoms with van der Waals surface area (Å²) in [5.41, 5.74) is 0. The second-order valence-corrected chi connectivity index (χ2v) is 7.46. The molecule has 2 fully saturated rings. The molecule has 0 radical (unpaired) electrons. The van der Waals surface area contributed by atoms with E-state index >= 15 is 0 Å². The smallest absolute Gasteiger partial charge is 0.249 e. The van der Waals surface area contributed by atoms with E-state index in [2.05, 4.69) is 27.7 Å². The van der Waals surface area contributed by atoms with E-state index in [1.807, 2.05) is 25.2 Å². The molecule has 116 valence electrons. The van der Waals surface area contributed by atoms with Crippen LogP contribution in [0.15, 0.2) is 17.5 Å². The van der Waals surface area contributed by atoms with Crippen LogP contribution in [0.2, 0.25) is 0 Å². The van der Waals surface area contributed by atoms with Crippen molar-refractivity contribution in [2.24, 2.45) is 5.92 Å². The van der Waals surface area contributed by atoms with Crippen LogP contribution < -0.4 is 5.32 Å². The predicted octanol–water partition coefficient (Wildman–Crippen LogP) is 2.25. The van der Waals surface area contributed by atoms with Gasteiger partial charge >= 0.3 is 0 Å². The van der Waals surface area contributed by atoms with E-state index in [9.17, 15) is 4.79 Å². The molecule has 4 nitrogen and oxygen atoms in total. The molecular formula is C16H24N2O2S. The molecule has 2 saturated heterocycles. The van der Waals surface area contributed by atoms with Gasteiger partial charge in [0.2, 0.25) is 5.91 Å². The Morgan fingerprint density at radius 1 is 1.57 bits per heavy atom. The maximum atomic E-state index is 12.1. The largest absolute Gasteiger partial charge is 0.364 e. The standard InChI is InChI=1S/C16H24N2O2S/c1-11(2)17-16(19)14-8-12-5-6-18(10-15(12)20-14)9-13-4-3-7-21-13/h3-4,7,11-12,14-15H,5-6,8-10H2,1-2H3,(H,17,19)/t12-,14-,15+/m0/s1. The van der Waals surface area contributed by atoms with Crippen molar-refractivity contribution in [1.29, 1.82) is 0 Å². The van der Waals surface area contributed by atoms with Gasteiger partial charge in [0.1, 0.15) is 6.10 Å². The van der Waals surface area contributed by atoms with Gasteiger partial charge in [-0.2, -0.15) is 0 Å². The number of fused-ring (bicyclic) bond motifs is 1. The van der Waals surface area contributed by atoms with E-state index in [4.69, 9.17) is 4.74 Å². The maximum Gasteiger partial charge on any atom is 0.249 e. The summed E-state index contributed by atoms with van der Waals surface area (Å²) in [5.74, 6) is 0.608. The Morgan fingerprint density at radius 3 is 3.14 bits per heavy atom. The van der Waals surface area contributed by atoms with E-state index in [1.165, 1.54) is 4.88 Å². The molecule has 1 amide bonds. The minimum absolute atomic E-state index is 0.0595. The third-order valence-corrected chi connectivity index (χ3v) is 5.18. The third-order valence-electron chi connectivity index (χ3n) is 4.32. The molecule has 2 aliphatic rings. The van der Waals surface area contributed by atoms with Crippen LogP contribution in [0.25, 0.3) is 0 Å². The van der Waals surface area contributed by atoms with Crippen molar-refractivity contribution >= 4 is 17.2 Å². The van der Waals surface area contributed by atoms with Crippen LogP contribution in [-0.2, 0) is 16.1 Å². The Bertz CT molecular complexity index is 475. The van der Waals surface area contributed by atoms with Gasteiger partial charge in [0.05, 0.1) is 6.10 Å². The first-order valence-electron chi connectivity index (χ1n) is 7.82. The topological polar surface area (TPSA) is 41.6 Å². The second-order valence-electron chi connectivity index (χ2n) is 6.43. The van der Waals surface area contributed by atoms with Crippen molar-refractivity contribution in [2.75, 3.05) is 13.1 Å². The highest BCUT2D eigenvalue weighted by atomic mass is 32.1. The van der Waals surface area contributed by atoms with E-state index in [0.29, 0.717) is 5.92 Å². The Morgan fingerprint density at radius 2 is 2.43 bits per heavy atom. The number of nitrogens with one attached hydrogen (secondary N) is 1. The molecule has 3 heterocycles. The first-order chi connectivity index (χ1) is 10.1. The van der Waals surface area contributed by atoms with Crippen LogP contribution in [0.4, 0.5) is 0 Å². The quantitative estimate of drug-likeness (QED) is 0.927. The fraction of sp³-hybridized carbons (Fsp3) is 0.688. The Kier molecular flexibility index (Phi) is 4.62. The second kappa shape index (κ2) is 6.46. The number of ether oxygens (including phenoxy) is 1. The minimum atomic E-state index is -0.246. The first-order valence-corrected chi connectivity index (χ1v) is 8.70. The number of carbonyl (C=O) groups excluding carboxylic acids is 1. The van der Waals surface area contributed by atoms with Gasteiger partial charge in [-0.3, -0.25) is 9.69 Å². The summed E-state index contributed by atoms with van der Waals surface area (Å²) in [4.78, 5) is 15.9. The zero-order chi connectivity index (χ0) is 14.8. The van der Waals surface area contributed by atoms with Gasteiger partial charge in [0.25, 0.3) is 0 Å². The molecule has 0 aliphatic carbocycles. The summed E-state index contributed by atoms with van der Waals surface area (Å²) in [6.07, 6.45) is 2.00. The Labute approximate surface area is 130 Å². The molecule has 1 N–H and O–H groups in total. The SMILES string of the molecule is CC(C)NC(=O)[C@@H]1C[C@@H]2CCN(Cc3cccs3)C[C@H]2O1. The first kappa shape index (κ1) is 15.0. The van der Waals surface area contributed by atoms with Crippen molar-refractivity contribution < 1.29 is 9.53 Å². The van der Waals surface area contributed by atoms with Gasteiger partial charge < -0.3 is 10.1 Å². The molecule has 0 aromatic carbocycles. The van der Waals surface area contributed by atoms with Gasteiger partial charge in [0.15, 0.2) is 0 Å². The lowest BCUT2D eigenvalue weighted by atomic mass is 9.91. The third kappa shape index (κ3) is 3.65. The number of thiophene rings is 1. The summed E-state index contributed by atoms with van der Waals surface area (Å²) in [6, 6.07) is 4.47. The fourth-order valence-corrected chi connectivity index (χ4v) is 4.05. The van der Waals surface area contributed by atoms with E-state index in [-0.39, 0.29) is 24.2 Å². The lowest BCUT2D eigenvalue weighted by Crippen LogP contribution is -2.42. The van der Waals surface area contributed by atoms with Crippen molar-refractivity contribution in [3.05, 3.63) is 22.4 Å². The van der Waals surface area contributed by atoms with Crippen LogP contribution in [0.1, 0.15) is 31.6 Å². The summed E-state index contributed by atoms with van der Waals surface area (Å²) in [5, 5.41) is 5.09. The monoisotopic (exact) mass is 308 g/mol. The Hall–Kier alpha value is -0.910. The van der Waals surface area contributed by atoms with Gasteiger partial charge in [-0.1, -0.05) is 6.07 Å². The normalized spacial score (nSPS) is 29.6. The Balaban J connectivity index is 1.53. The highest BCUT2D eigenvalue weighted by Crippen LogP contribution is 2.34. The average Bonchev–Trinajstić information content (AvgIpc) is 3.06. The minimum Gasteiger partial charge on any atom is -0.364 e. The highest BCUT2D eigenvalue weighted by Gasteiger charge is 2.41. The number of hydrogen-bond acceptors (Lipinski definition) is 4. The van der Waals surface area contributed by atoms with Crippen LogP contribution in [-0.4, -0.2) is 42.1 Å². The van der Waals surface area contributed by atoms with Crippen molar-refractivity contribution in [3.63, 3.8) is 0 Å². The summed E-state index contributed by atoms with van der Waals surface area (Å²) >= 11 is 1.81. The molecule has 0 spiro atoms. The van der Waals surface area contributed by atoms with Crippen LogP contribution in [0.3, 0.4) is 0 Å². The molecular weight excluding hydrogens is 284 g/mol. The van der Waals surface area contributed by atoms with Gasteiger partial charge in [-0.15, -0.1) is 11.3 Å². The van der Waals surface area contributed by atoms with Crippen molar-refractivity contribution in [2.45, 2.75) is 51.5 Å². The molecule has 0 bridgehead atoms. The molecule has 21 heavy (non-hydrogen) atoms. The van der Waals surface area contributed by atoms with Crippen LogP contribution >= 0.6 is 11.3 Å². The molecule has 3 atom stereocenters. The molecule has 5 heteroatoms. The zero-order valence-electron chi connectivity index (χ0n) is 12.7. The molecule has 0 unspecified atom stereocenters. The van der Waals surface area contributed by atoms with E-state index < -0.39 is 0 Å². The number of rotatable bonds is 4. The number of carbonyl (C=O) groups is 1. The molecule has 3 rings (SSSR count). The number of amides is 1. The average molecular weight is 308 g/mol. The van der Waals surface area contributed by atoms with E-state index in [1.54, 1.807) is 0 Å². The lowest BCUT2D eigenvalue weighted by molar-refractivity contribution is -0.133. The van der Waals surface area contributed by atoms with Crippen molar-refractivity contribution in [1.82, 2.24) is 10.2 Å². The summed E-state index contributed by atoms with van der Waals surface area (Å²) in [7, 11) is 0. The summed E-state index contributed by atoms with van der Waals surface area (Å²) < 4.78 is 6.03. The zero-order valence-corrected chi connectivity index (χ0v) is 13.6. The molecule has 2 aliphatic heterocycles. The number of nitrogens with zero attached hydrogens (tertiary/aromatic N) is 1. The lowest BCUT2D eigenvalue weighted by Gasteiger charge is -2.33. The number of piperidine rings is 1.